The Labute approximate surface area is 106 Å². The lowest BCUT2D eigenvalue weighted by molar-refractivity contribution is 0.0927. The summed E-state index contributed by atoms with van der Waals surface area (Å²) in [5.41, 5.74) is -0.101. The van der Waals surface area contributed by atoms with Gasteiger partial charge >= 0.3 is 0 Å². The molecule has 1 rings (SSSR count). The third-order valence-corrected chi connectivity index (χ3v) is 2.75. The van der Waals surface area contributed by atoms with Crippen LogP contribution in [0.2, 0.25) is 0 Å². The molecule has 1 aromatic rings. The van der Waals surface area contributed by atoms with Crippen molar-refractivity contribution in [3.05, 3.63) is 34.2 Å². The highest BCUT2D eigenvalue weighted by atomic mass is 16.3. The van der Waals surface area contributed by atoms with Gasteiger partial charge in [0.25, 0.3) is 5.91 Å². The highest BCUT2D eigenvalue weighted by Gasteiger charge is 2.18. The van der Waals surface area contributed by atoms with Gasteiger partial charge in [-0.15, -0.1) is 0 Å². The van der Waals surface area contributed by atoms with Crippen LogP contribution in [0.25, 0.3) is 0 Å². The molecule has 0 aliphatic rings. The van der Waals surface area contributed by atoms with Gasteiger partial charge in [-0.3, -0.25) is 9.59 Å². The monoisotopic (exact) mass is 252 g/mol. The molecule has 0 unspecified atom stereocenters. The van der Waals surface area contributed by atoms with Gasteiger partial charge in [0.2, 0.25) is 5.56 Å². The molecule has 1 amide bonds. The van der Waals surface area contributed by atoms with Crippen LogP contribution in [-0.4, -0.2) is 29.1 Å². The largest absolute Gasteiger partial charge is 0.396 e. The van der Waals surface area contributed by atoms with Crippen LogP contribution in [0, 0.1) is 5.41 Å². The van der Waals surface area contributed by atoms with Crippen molar-refractivity contribution in [3.63, 3.8) is 0 Å². The van der Waals surface area contributed by atoms with E-state index in [2.05, 4.69) is 10.3 Å². The molecular weight excluding hydrogens is 232 g/mol. The van der Waals surface area contributed by atoms with Gasteiger partial charge in [-0.1, -0.05) is 19.9 Å². The van der Waals surface area contributed by atoms with E-state index in [1.54, 1.807) is 12.1 Å². The first kappa shape index (κ1) is 14.4. The zero-order valence-electron chi connectivity index (χ0n) is 10.8. The van der Waals surface area contributed by atoms with Crippen LogP contribution < -0.4 is 10.9 Å². The van der Waals surface area contributed by atoms with E-state index in [1.807, 2.05) is 13.8 Å². The summed E-state index contributed by atoms with van der Waals surface area (Å²) in [7, 11) is 0. The van der Waals surface area contributed by atoms with Crippen LogP contribution in [0.1, 0.15) is 37.2 Å². The van der Waals surface area contributed by atoms with Crippen molar-refractivity contribution in [1.82, 2.24) is 10.3 Å². The molecule has 1 aromatic heterocycles. The Kier molecular flexibility index (Phi) is 5.09. The smallest absolute Gasteiger partial charge is 0.267 e. The number of aromatic amines is 1. The Morgan fingerprint density at radius 2 is 2.17 bits per heavy atom. The van der Waals surface area contributed by atoms with E-state index in [9.17, 15) is 9.59 Å². The first-order valence-corrected chi connectivity index (χ1v) is 6.03. The second kappa shape index (κ2) is 6.35. The molecule has 0 aliphatic carbocycles. The molecule has 18 heavy (non-hydrogen) atoms. The van der Waals surface area contributed by atoms with Crippen LogP contribution in [0.3, 0.4) is 0 Å². The Morgan fingerprint density at radius 3 is 2.78 bits per heavy atom. The van der Waals surface area contributed by atoms with Gasteiger partial charge in [-0.25, -0.2) is 0 Å². The average Bonchev–Trinajstić information content (AvgIpc) is 2.34. The molecule has 0 aliphatic heterocycles. The number of H-pyrrole nitrogens is 1. The Hall–Kier alpha value is -1.62. The van der Waals surface area contributed by atoms with Crippen molar-refractivity contribution in [1.29, 1.82) is 0 Å². The molecule has 0 saturated carbocycles. The minimum Gasteiger partial charge on any atom is -0.396 e. The van der Waals surface area contributed by atoms with E-state index in [0.29, 0.717) is 13.0 Å². The normalized spacial score (nSPS) is 11.3. The molecule has 3 N–H and O–H groups in total. The standard InChI is InChI=1S/C13H20N2O3/c1-13(2,7-4-8-16)9-14-12(18)10-5-3-6-11(17)15-10/h3,5-6,16H,4,7-9H2,1-2H3,(H,14,18)(H,15,17). The van der Waals surface area contributed by atoms with E-state index in [4.69, 9.17) is 5.11 Å². The molecule has 5 heteroatoms. The van der Waals surface area contributed by atoms with Crippen LogP contribution in [-0.2, 0) is 0 Å². The number of amides is 1. The molecule has 0 atom stereocenters. The summed E-state index contributed by atoms with van der Waals surface area (Å²) >= 11 is 0. The van der Waals surface area contributed by atoms with Crippen LogP contribution >= 0.6 is 0 Å². The topological polar surface area (TPSA) is 82.2 Å². The average molecular weight is 252 g/mol. The Bertz CT molecular complexity index is 452. The molecule has 100 valence electrons. The predicted octanol–water partition coefficient (Wildman–Crippen LogP) is 0.903. The number of nitrogens with one attached hydrogen (secondary N) is 2. The van der Waals surface area contributed by atoms with Crippen LogP contribution in [0.5, 0.6) is 0 Å². The van der Waals surface area contributed by atoms with E-state index < -0.39 is 0 Å². The van der Waals surface area contributed by atoms with Gasteiger partial charge in [-0.2, -0.15) is 0 Å². The number of carbonyl (C=O) groups is 1. The van der Waals surface area contributed by atoms with Crippen molar-refractivity contribution in [3.8, 4) is 0 Å². The van der Waals surface area contributed by atoms with Crippen molar-refractivity contribution in [2.24, 2.45) is 5.41 Å². The molecule has 1 heterocycles. The zero-order valence-corrected chi connectivity index (χ0v) is 10.8. The van der Waals surface area contributed by atoms with Gasteiger partial charge in [0.15, 0.2) is 0 Å². The highest BCUT2D eigenvalue weighted by Crippen LogP contribution is 2.20. The van der Waals surface area contributed by atoms with Gasteiger partial charge in [0.05, 0.1) is 0 Å². The molecule has 0 bridgehead atoms. The number of hydrogen-bond donors (Lipinski definition) is 3. The van der Waals surface area contributed by atoms with E-state index in [0.717, 1.165) is 6.42 Å². The molecule has 0 radical (unpaired) electrons. The Morgan fingerprint density at radius 1 is 1.44 bits per heavy atom. The Balaban J connectivity index is 2.53. The summed E-state index contributed by atoms with van der Waals surface area (Å²) in [6, 6.07) is 4.48. The number of aliphatic hydroxyl groups excluding tert-OH is 1. The second-order valence-corrected chi connectivity index (χ2v) is 5.10. The maximum Gasteiger partial charge on any atom is 0.267 e. The second-order valence-electron chi connectivity index (χ2n) is 5.10. The number of rotatable bonds is 6. The van der Waals surface area contributed by atoms with E-state index in [-0.39, 0.29) is 29.2 Å². The summed E-state index contributed by atoms with van der Waals surface area (Å²) in [5, 5.41) is 11.6. The number of hydrogen-bond acceptors (Lipinski definition) is 3. The predicted molar refractivity (Wildman–Crippen MR) is 69.5 cm³/mol. The molecule has 0 saturated heterocycles. The van der Waals surface area contributed by atoms with Crippen molar-refractivity contribution >= 4 is 5.91 Å². The first-order valence-electron chi connectivity index (χ1n) is 6.03. The van der Waals surface area contributed by atoms with Crippen molar-refractivity contribution in [2.75, 3.05) is 13.2 Å². The van der Waals surface area contributed by atoms with Gasteiger partial charge < -0.3 is 15.4 Å². The van der Waals surface area contributed by atoms with Gasteiger partial charge in [-0.05, 0) is 24.3 Å². The fraction of sp³-hybridized carbons (Fsp3) is 0.538. The first-order chi connectivity index (χ1) is 8.44. The molecular formula is C13H20N2O3. The van der Waals surface area contributed by atoms with Crippen molar-refractivity contribution in [2.45, 2.75) is 26.7 Å². The van der Waals surface area contributed by atoms with Crippen molar-refractivity contribution < 1.29 is 9.90 Å². The zero-order chi connectivity index (χ0) is 13.6. The molecule has 0 aromatic carbocycles. The lowest BCUT2D eigenvalue weighted by Gasteiger charge is -2.24. The summed E-state index contributed by atoms with van der Waals surface area (Å²) in [5.74, 6) is -0.287. The van der Waals surface area contributed by atoms with Gasteiger partial charge in [0, 0.05) is 19.2 Å². The quantitative estimate of drug-likeness (QED) is 0.703. The number of carbonyl (C=O) groups excluding carboxylic acids is 1. The molecule has 5 nitrogen and oxygen atoms in total. The highest BCUT2D eigenvalue weighted by molar-refractivity contribution is 5.92. The summed E-state index contributed by atoms with van der Waals surface area (Å²) < 4.78 is 0. The van der Waals surface area contributed by atoms with E-state index >= 15 is 0 Å². The van der Waals surface area contributed by atoms with Crippen LogP contribution in [0.15, 0.2) is 23.0 Å². The number of aromatic nitrogens is 1. The lowest BCUT2D eigenvalue weighted by atomic mass is 9.88. The van der Waals surface area contributed by atoms with Crippen LogP contribution in [0.4, 0.5) is 0 Å². The minimum atomic E-state index is -0.290. The number of aliphatic hydroxyl groups is 1. The SMILES string of the molecule is CC(C)(CCCO)CNC(=O)c1cccc(=O)[nH]1. The maximum absolute atomic E-state index is 11.8. The molecule has 0 spiro atoms. The summed E-state index contributed by atoms with van der Waals surface area (Å²) in [6.07, 6.45) is 1.54. The summed E-state index contributed by atoms with van der Waals surface area (Å²) in [4.78, 5) is 25.3. The fourth-order valence-electron chi connectivity index (χ4n) is 1.64. The van der Waals surface area contributed by atoms with Gasteiger partial charge in [0.1, 0.15) is 5.69 Å². The maximum atomic E-state index is 11.8. The summed E-state index contributed by atoms with van der Waals surface area (Å²) in [6.45, 7) is 4.71. The molecule has 0 fully saturated rings. The third-order valence-electron chi connectivity index (χ3n) is 2.75. The minimum absolute atomic E-state index is 0.0759. The number of pyridine rings is 1. The third kappa shape index (κ3) is 4.71. The fourth-order valence-corrected chi connectivity index (χ4v) is 1.64. The van der Waals surface area contributed by atoms with E-state index in [1.165, 1.54) is 6.07 Å². The lowest BCUT2D eigenvalue weighted by Crippen LogP contribution is -2.35.